The monoisotopic (exact) mass is 314 g/mol. The van der Waals surface area contributed by atoms with E-state index in [9.17, 15) is 4.79 Å². The Kier molecular flexibility index (Phi) is 6.55. The maximum Gasteiger partial charge on any atom is 0.306 e. The van der Waals surface area contributed by atoms with Crippen LogP contribution >= 0.6 is 24.0 Å². The topological polar surface area (TPSA) is 44.1 Å². The molecule has 1 aromatic carbocycles. The van der Waals surface area contributed by atoms with E-state index in [2.05, 4.69) is 4.98 Å². The number of imidazole rings is 1. The number of aromatic nitrogens is 2. The second-order valence-corrected chi connectivity index (χ2v) is 4.58. The quantitative estimate of drug-likeness (QED) is 0.791. The molecule has 1 heterocycles. The lowest BCUT2D eigenvalue weighted by atomic mass is 10.1. The molecular formula is C14H16Cl2N2O2. The number of ether oxygens (including phenoxy) is 1. The number of halogens is 2. The zero-order valence-electron chi connectivity index (χ0n) is 11.0. The Balaban J connectivity index is 0.00000200. The molecule has 0 N–H and O–H groups in total. The average molecular weight is 315 g/mol. The van der Waals surface area contributed by atoms with Crippen molar-refractivity contribution in [2.24, 2.45) is 0 Å². The lowest BCUT2D eigenvalue weighted by molar-refractivity contribution is -0.149. The van der Waals surface area contributed by atoms with Crippen LogP contribution in [0.15, 0.2) is 43.0 Å². The molecule has 2 rings (SSSR count). The Bertz CT molecular complexity index is 527. The van der Waals surface area contributed by atoms with Gasteiger partial charge >= 0.3 is 5.97 Å². The van der Waals surface area contributed by atoms with Gasteiger partial charge in [-0.05, 0) is 17.7 Å². The average Bonchev–Trinajstić information content (AvgIpc) is 2.91. The van der Waals surface area contributed by atoms with Gasteiger partial charge in [-0.3, -0.25) is 4.79 Å². The van der Waals surface area contributed by atoms with Crippen molar-refractivity contribution in [3.8, 4) is 0 Å². The van der Waals surface area contributed by atoms with Gasteiger partial charge in [-0.15, -0.1) is 12.4 Å². The highest BCUT2D eigenvalue weighted by atomic mass is 35.5. The first-order valence-electron chi connectivity index (χ1n) is 6.09. The van der Waals surface area contributed by atoms with Crippen molar-refractivity contribution in [2.45, 2.75) is 26.0 Å². The molecule has 1 unspecified atom stereocenters. The second kappa shape index (κ2) is 7.92. The summed E-state index contributed by atoms with van der Waals surface area (Å²) < 4.78 is 7.35. The van der Waals surface area contributed by atoms with Gasteiger partial charge in [0.2, 0.25) is 0 Å². The number of hydrogen-bond acceptors (Lipinski definition) is 3. The Labute approximate surface area is 129 Å². The van der Waals surface area contributed by atoms with E-state index >= 15 is 0 Å². The van der Waals surface area contributed by atoms with Crippen LogP contribution in [0.25, 0.3) is 0 Å². The minimum absolute atomic E-state index is 0. The van der Waals surface area contributed by atoms with Crippen LogP contribution in [0.5, 0.6) is 0 Å². The Morgan fingerprint density at radius 3 is 2.65 bits per heavy atom. The minimum atomic E-state index is -0.334. The molecule has 0 saturated carbocycles. The molecule has 0 fully saturated rings. The number of nitrogens with zero attached hydrogens (tertiary/aromatic N) is 2. The van der Waals surface area contributed by atoms with Crippen molar-refractivity contribution >= 4 is 30.0 Å². The SMILES string of the molecule is CCC(=O)OC(Cn1ccnc1)c1ccc(Cl)cc1.Cl. The molecule has 0 bridgehead atoms. The lowest BCUT2D eigenvalue weighted by Crippen LogP contribution is -2.15. The summed E-state index contributed by atoms with van der Waals surface area (Å²) in [6, 6.07) is 7.31. The van der Waals surface area contributed by atoms with E-state index in [1.165, 1.54) is 0 Å². The molecule has 108 valence electrons. The summed E-state index contributed by atoms with van der Waals surface area (Å²) in [5.41, 5.74) is 0.917. The zero-order valence-corrected chi connectivity index (χ0v) is 12.6. The summed E-state index contributed by atoms with van der Waals surface area (Å²) in [6.45, 7) is 2.31. The second-order valence-electron chi connectivity index (χ2n) is 4.14. The highest BCUT2D eigenvalue weighted by Gasteiger charge is 2.16. The van der Waals surface area contributed by atoms with Crippen LogP contribution < -0.4 is 0 Å². The number of carbonyl (C=O) groups excluding carboxylic acids is 1. The van der Waals surface area contributed by atoms with Gasteiger partial charge < -0.3 is 9.30 Å². The molecule has 0 spiro atoms. The van der Waals surface area contributed by atoms with Gasteiger partial charge in [0.25, 0.3) is 0 Å². The van der Waals surface area contributed by atoms with E-state index in [4.69, 9.17) is 16.3 Å². The molecule has 0 aliphatic carbocycles. The van der Waals surface area contributed by atoms with Crippen molar-refractivity contribution in [1.29, 1.82) is 0 Å². The maximum absolute atomic E-state index is 11.5. The summed E-state index contributed by atoms with van der Waals surface area (Å²) in [5.74, 6) is -0.222. The first-order chi connectivity index (χ1) is 9.19. The maximum atomic E-state index is 11.5. The first kappa shape index (κ1) is 16.5. The number of hydrogen-bond donors (Lipinski definition) is 0. The molecule has 4 nitrogen and oxygen atoms in total. The molecule has 0 aliphatic rings. The number of benzene rings is 1. The number of rotatable bonds is 5. The van der Waals surface area contributed by atoms with Gasteiger partial charge in [0.05, 0.1) is 12.9 Å². The summed E-state index contributed by atoms with van der Waals surface area (Å²) in [4.78, 5) is 15.5. The van der Waals surface area contributed by atoms with Crippen molar-refractivity contribution < 1.29 is 9.53 Å². The molecule has 0 aliphatic heterocycles. The molecule has 6 heteroatoms. The third-order valence-corrected chi connectivity index (χ3v) is 2.99. The third kappa shape index (κ3) is 4.54. The van der Waals surface area contributed by atoms with Crippen molar-refractivity contribution in [1.82, 2.24) is 9.55 Å². The van der Waals surface area contributed by atoms with Gasteiger partial charge in [-0.2, -0.15) is 0 Å². The fourth-order valence-corrected chi connectivity index (χ4v) is 1.84. The predicted octanol–water partition coefficient (Wildman–Crippen LogP) is 3.65. The fourth-order valence-electron chi connectivity index (χ4n) is 1.72. The summed E-state index contributed by atoms with van der Waals surface area (Å²) in [7, 11) is 0. The van der Waals surface area contributed by atoms with Gasteiger partial charge in [-0.25, -0.2) is 4.98 Å². The van der Waals surface area contributed by atoms with E-state index in [0.717, 1.165) is 5.56 Å². The van der Waals surface area contributed by atoms with Crippen LogP contribution in [-0.2, 0) is 16.1 Å². The van der Waals surface area contributed by atoms with E-state index < -0.39 is 0 Å². The van der Waals surface area contributed by atoms with Crippen molar-refractivity contribution in [3.63, 3.8) is 0 Å². The predicted molar refractivity (Wildman–Crippen MR) is 80.1 cm³/mol. The third-order valence-electron chi connectivity index (χ3n) is 2.74. The molecule has 0 amide bonds. The highest BCUT2D eigenvalue weighted by Crippen LogP contribution is 2.22. The Morgan fingerprint density at radius 2 is 2.10 bits per heavy atom. The van der Waals surface area contributed by atoms with E-state index in [0.29, 0.717) is 18.0 Å². The van der Waals surface area contributed by atoms with Crippen molar-refractivity contribution in [3.05, 3.63) is 53.6 Å². The normalized spacial score (nSPS) is 11.5. The van der Waals surface area contributed by atoms with E-state index in [1.54, 1.807) is 31.6 Å². The van der Waals surface area contributed by atoms with Gasteiger partial charge in [0.1, 0.15) is 6.10 Å². The number of carbonyl (C=O) groups is 1. The minimum Gasteiger partial charge on any atom is -0.456 e. The Morgan fingerprint density at radius 1 is 1.40 bits per heavy atom. The largest absolute Gasteiger partial charge is 0.456 e. The molecule has 0 radical (unpaired) electrons. The van der Waals surface area contributed by atoms with Crippen LogP contribution in [0.1, 0.15) is 25.0 Å². The molecular weight excluding hydrogens is 299 g/mol. The van der Waals surface area contributed by atoms with E-state index in [-0.39, 0.29) is 24.5 Å². The Hall–Kier alpha value is -1.52. The zero-order chi connectivity index (χ0) is 13.7. The van der Waals surface area contributed by atoms with Gasteiger partial charge in [0.15, 0.2) is 0 Å². The fraction of sp³-hybridized carbons (Fsp3) is 0.286. The van der Waals surface area contributed by atoms with Crippen LogP contribution in [0, 0.1) is 0 Å². The lowest BCUT2D eigenvalue weighted by Gasteiger charge is -2.18. The first-order valence-corrected chi connectivity index (χ1v) is 6.47. The van der Waals surface area contributed by atoms with Gasteiger partial charge in [-0.1, -0.05) is 30.7 Å². The molecule has 0 saturated heterocycles. The van der Waals surface area contributed by atoms with Crippen LogP contribution in [0.3, 0.4) is 0 Å². The molecule has 2 aromatic rings. The summed E-state index contributed by atoms with van der Waals surface area (Å²) in [6.07, 6.45) is 5.25. The van der Waals surface area contributed by atoms with Crippen LogP contribution in [0.2, 0.25) is 5.02 Å². The molecule has 20 heavy (non-hydrogen) atoms. The van der Waals surface area contributed by atoms with Crippen LogP contribution in [-0.4, -0.2) is 15.5 Å². The van der Waals surface area contributed by atoms with Gasteiger partial charge in [0, 0.05) is 23.8 Å². The summed E-state index contributed by atoms with van der Waals surface area (Å²) in [5, 5.41) is 0.659. The van der Waals surface area contributed by atoms with Crippen LogP contribution in [0.4, 0.5) is 0 Å². The standard InChI is InChI=1S/C14H15ClN2O2.ClH/c1-2-14(18)19-13(9-17-8-7-16-10-17)11-3-5-12(15)6-4-11;/h3-8,10,13H,2,9H2,1H3;1H. The number of esters is 1. The molecule has 1 atom stereocenters. The summed E-state index contributed by atoms with van der Waals surface area (Å²) >= 11 is 5.87. The molecule has 1 aromatic heterocycles. The smallest absolute Gasteiger partial charge is 0.306 e. The highest BCUT2D eigenvalue weighted by molar-refractivity contribution is 6.30. The van der Waals surface area contributed by atoms with Crippen molar-refractivity contribution in [2.75, 3.05) is 0 Å². The van der Waals surface area contributed by atoms with E-state index in [1.807, 2.05) is 22.9 Å².